The molecule has 0 N–H and O–H groups in total. The van der Waals surface area contributed by atoms with Crippen molar-refractivity contribution in [2.75, 3.05) is 13.7 Å². The summed E-state index contributed by atoms with van der Waals surface area (Å²) in [6.45, 7) is 2.50. The molecular weight excluding hydrogens is 209 g/mol. The number of ether oxygens (including phenoxy) is 2. The lowest BCUT2D eigenvalue weighted by atomic mass is 10.1. The zero-order valence-corrected chi connectivity index (χ0v) is 9.37. The van der Waals surface area contributed by atoms with Crippen LogP contribution in [0.2, 0.25) is 0 Å². The summed E-state index contributed by atoms with van der Waals surface area (Å²) >= 11 is 0. The van der Waals surface area contributed by atoms with Crippen molar-refractivity contribution in [3.05, 3.63) is 35.1 Å². The van der Waals surface area contributed by atoms with Crippen LogP contribution in [0, 0.1) is 17.1 Å². The number of nitrogens with zero attached hydrogens (tertiary/aromatic N) is 1. The van der Waals surface area contributed by atoms with E-state index in [0.29, 0.717) is 17.7 Å². The number of hydrogen-bond donors (Lipinski definition) is 0. The molecule has 1 atom stereocenters. The molecule has 0 aliphatic rings. The van der Waals surface area contributed by atoms with Crippen LogP contribution in [-0.4, -0.2) is 19.8 Å². The second-order valence-corrected chi connectivity index (χ2v) is 3.49. The molecule has 3 nitrogen and oxygen atoms in total. The Bertz CT molecular complexity index is 387. The van der Waals surface area contributed by atoms with Gasteiger partial charge in [-0.15, -0.1) is 0 Å². The second-order valence-electron chi connectivity index (χ2n) is 3.49. The summed E-state index contributed by atoms with van der Waals surface area (Å²) < 4.78 is 23.7. The number of rotatable bonds is 5. The highest BCUT2D eigenvalue weighted by Crippen LogP contribution is 2.12. The van der Waals surface area contributed by atoms with E-state index in [0.717, 1.165) is 0 Å². The first-order chi connectivity index (χ1) is 7.67. The van der Waals surface area contributed by atoms with E-state index in [-0.39, 0.29) is 12.7 Å². The first kappa shape index (κ1) is 12.6. The van der Waals surface area contributed by atoms with Crippen molar-refractivity contribution in [2.24, 2.45) is 0 Å². The summed E-state index contributed by atoms with van der Waals surface area (Å²) in [7, 11) is 1.59. The smallest absolute Gasteiger partial charge is 0.130 e. The summed E-state index contributed by atoms with van der Waals surface area (Å²) in [6.07, 6.45) is -0.0833. The van der Waals surface area contributed by atoms with Crippen LogP contribution in [0.4, 0.5) is 4.39 Å². The summed E-state index contributed by atoms with van der Waals surface area (Å²) in [5.41, 5.74) is 0.758. The third kappa shape index (κ3) is 3.61. The van der Waals surface area contributed by atoms with E-state index >= 15 is 0 Å². The fraction of sp³-hybridized carbons (Fsp3) is 0.417. The topological polar surface area (TPSA) is 42.2 Å². The van der Waals surface area contributed by atoms with E-state index in [4.69, 9.17) is 14.7 Å². The average molecular weight is 223 g/mol. The van der Waals surface area contributed by atoms with Gasteiger partial charge in [-0.3, -0.25) is 0 Å². The molecule has 0 radical (unpaired) electrons. The van der Waals surface area contributed by atoms with Gasteiger partial charge in [-0.2, -0.15) is 5.26 Å². The van der Waals surface area contributed by atoms with Gasteiger partial charge in [-0.1, -0.05) is 6.07 Å². The average Bonchev–Trinajstić information content (AvgIpc) is 2.27. The van der Waals surface area contributed by atoms with Crippen molar-refractivity contribution < 1.29 is 13.9 Å². The Morgan fingerprint density at radius 3 is 2.81 bits per heavy atom. The van der Waals surface area contributed by atoms with Crippen molar-refractivity contribution in [2.45, 2.75) is 19.6 Å². The largest absolute Gasteiger partial charge is 0.382 e. The number of hydrogen-bond acceptors (Lipinski definition) is 3. The fourth-order valence-electron chi connectivity index (χ4n) is 1.25. The van der Waals surface area contributed by atoms with Gasteiger partial charge < -0.3 is 9.47 Å². The Kier molecular flexibility index (Phi) is 4.90. The molecule has 0 fully saturated rings. The predicted molar refractivity (Wildman–Crippen MR) is 57.2 cm³/mol. The Labute approximate surface area is 94.4 Å². The van der Waals surface area contributed by atoms with Gasteiger partial charge in [0.25, 0.3) is 0 Å². The minimum Gasteiger partial charge on any atom is -0.382 e. The van der Waals surface area contributed by atoms with Crippen LogP contribution in [0.15, 0.2) is 18.2 Å². The summed E-state index contributed by atoms with van der Waals surface area (Å²) in [5, 5.41) is 8.58. The zero-order chi connectivity index (χ0) is 12.0. The molecular formula is C12H14FNO2. The predicted octanol–water partition coefficient (Wildman–Crippen LogP) is 2.25. The molecule has 0 saturated carbocycles. The van der Waals surface area contributed by atoms with E-state index in [1.165, 1.54) is 6.07 Å². The summed E-state index contributed by atoms with van der Waals surface area (Å²) in [5.74, 6) is -0.413. The number of methoxy groups -OCH3 is 1. The van der Waals surface area contributed by atoms with Crippen LogP contribution in [-0.2, 0) is 16.1 Å². The quantitative estimate of drug-likeness (QED) is 0.768. The standard InChI is InChI=1S/C12H14FNO2/c1-9(7-15-2)16-8-11-4-3-10(6-14)5-12(11)13/h3-5,9H,7-8H2,1-2H3. The van der Waals surface area contributed by atoms with Crippen molar-refractivity contribution in [1.82, 2.24) is 0 Å². The van der Waals surface area contributed by atoms with Crippen LogP contribution in [0.25, 0.3) is 0 Å². The van der Waals surface area contributed by atoms with Crippen molar-refractivity contribution >= 4 is 0 Å². The molecule has 0 amide bonds. The first-order valence-electron chi connectivity index (χ1n) is 4.96. The maximum Gasteiger partial charge on any atom is 0.130 e. The van der Waals surface area contributed by atoms with E-state index in [2.05, 4.69) is 0 Å². The molecule has 0 saturated heterocycles. The molecule has 1 aromatic rings. The Morgan fingerprint density at radius 2 is 2.25 bits per heavy atom. The van der Waals surface area contributed by atoms with Crippen LogP contribution >= 0.6 is 0 Å². The molecule has 0 aromatic heterocycles. The molecule has 1 unspecified atom stereocenters. The minimum absolute atomic E-state index is 0.0833. The van der Waals surface area contributed by atoms with Gasteiger partial charge in [0.2, 0.25) is 0 Å². The van der Waals surface area contributed by atoms with Gasteiger partial charge >= 0.3 is 0 Å². The Morgan fingerprint density at radius 1 is 1.50 bits per heavy atom. The SMILES string of the molecule is COCC(C)OCc1ccc(C#N)cc1F. The summed E-state index contributed by atoms with van der Waals surface area (Å²) in [6, 6.07) is 6.22. The van der Waals surface area contributed by atoms with Gasteiger partial charge in [0.1, 0.15) is 5.82 Å². The maximum absolute atomic E-state index is 13.4. The molecule has 1 rings (SSSR count). The minimum atomic E-state index is -0.413. The molecule has 16 heavy (non-hydrogen) atoms. The lowest BCUT2D eigenvalue weighted by Gasteiger charge is -2.12. The van der Waals surface area contributed by atoms with Gasteiger partial charge in [-0.25, -0.2) is 4.39 Å². The van der Waals surface area contributed by atoms with Gasteiger partial charge in [0.15, 0.2) is 0 Å². The lowest BCUT2D eigenvalue weighted by molar-refractivity contribution is -0.00110. The van der Waals surface area contributed by atoms with Gasteiger partial charge in [0.05, 0.1) is 31.0 Å². The summed E-state index contributed by atoms with van der Waals surface area (Å²) in [4.78, 5) is 0. The zero-order valence-electron chi connectivity index (χ0n) is 9.37. The number of benzene rings is 1. The molecule has 0 aliphatic heterocycles. The van der Waals surface area contributed by atoms with Crippen LogP contribution in [0.3, 0.4) is 0 Å². The molecule has 0 bridgehead atoms. The maximum atomic E-state index is 13.4. The molecule has 0 heterocycles. The van der Waals surface area contributed by atoms with Crippen LogP contribution in [0.1, 0.15) is 18.1 Å². The van der Waals surface area contributed by atoms with E-state index in [1.807, 2.05) is 13.0 Å². The highest BCUT2D eigenvalue weighted by Gasteiger charge is 2.06. The number of nitriles is 1. The lowest BCUT2D eigenvalue weighted by Crippen LogP contribution is -2.14. The molecule has 4 heteroatoms. The highest BCUT2D eigenvalue weighted by molar-refractivity contribution is 5.32. The third-order valence-corrected chi connectivity index (χ3v) is 2.11. The fourth-order valence-corrected chi connectivity index (χ4v) is 1.25. The second kappa shape index (κ2) is 6.21. The normalized spacial score (nSPS) is 12.1. The highest BCUT2D eigenvalue weighted by atomic mass is 19.1. The van der Waals surface area contributed by atoms with E-state index < -0.39 is 5.82 Å². The van der Waals surface area contributed by atoms with Crippen LogP contribution in [0.5, 0.6) is 0 Å². The van der Waals surface area contributed by atoms with E-state index in [9.17, 15) is 4.39 Å². The van der Waals surface area contributed by atoms with Gasteiger partial charge in [-0.05, 0) is 19.1 Å². The molecule has 0 aliphatic carbocycles. The Balaban J connectivity index is 2.58. The van der Waals surface area contributed by atoms with Crippen molar-refractivity contribution in [3.8, 4) is 6.07 Å². The Hall–Kier alpha value is -1.44. The van der Waals surface area contributed by atoms with Crippen molar-refractivity contribution in [3.63, 3.8) is 0 Å². The monoisotopic (exact) mass is 223 g/mol. The molecule has 86 valence electrons. The number of halogens is 1. The molecule has 1 aromatic carbocycles. The van der Waals surface area contributed by atoms with Crippen LogP contribution < -0.4 is 0 Å². The van der Waals surface area contributed by atoms with Crippen molar-refractivity contribution in [1.29, 1.82) is 5.26 Å². The molecule has 0 spiro atoms. The van der Waals surface area contributed by atoms with E-state index in [1.54, 1.807) is 19.2 Å². The first-order valence-corrected chi connectivity index (χ1v) is 4.96. The van der Waals surface area contributed by atoms with Gasteiger partial charge in [0, 0.05) is 12.7 Å². The third-order valence-electron chi connectivity index (χ3n) is 2.11.